The number of hydrogen-bond donors (Lipinski definition) is 0. The van der Waals surface area contributed by atoms with Crippen molar-refractivity contribution in [2.75, 3.05) is 0 Å². The summed E-state index contributed by atoms with van der Waals surface area (Å²) in [4.78, 5) is 0. The second-order valence-electron chi connectivity index (χ2n) is 5.07. The van der Waals surface area contributed by atoms with Gasteiger partial charge in [0.1, 0.15) is 5.76 Å². The molecule has 1 fully saturated rings. The van der Waals surface area contributed by atoms with Crippen molar-refractivity contribution in [2.45, 2.75) is 45.4 Å². The Kier molecular flexibility index (Phi) is 2.74. The molecule has 0 atom stereocenters. The highest BCUT2D eigenvalue weighted by Crippen LogP contribution is 2.44. The molecule has 1 aromatic rings. The van der Waals surface area contributed by atoms with Gasteiger partial charge in [0, 0.05) is 5.92 Å². The third-order valence-electron chi connectivity index (χ3n) is 3.35. The predicted molar refractivity (Wildman–Crippen MR) is 61.4 cm³/mol. The van der Waals surface area contributed by atoms with E-state index in [1.54, 1.807) is 6.26 Å². The summed E-state index contributed by atoms with van der Waals surface area (Å²) in [6.07, 6.45) is 6.92. The highest BCUT2D eigenvalue weighted by Gasteiger charge is 2.29. The quantitative estimate of drug-likeness (QED) is 0.709. The Morgan fingerprint density at radius 2 is 2.00 bits per heavy atom. The molecule has 0 unspecified atom stereocenters. The van der Waals surface area contributed by atoms with Crippen molar-refractivity contribution >= 4 is 15.9 Å². The van der Waals surface area contributed by atoms with Crippen LogP contribution in [-0.2, 0) is 0 Å². The lowest BCUT2D eigenvalue weighted by Gasteiger charge is -2.33. The molecule has 0 bridgehead atoms. The number of rotatable bonds is 1. The maximum absolute atomic E-state index is 5.53. The van der Waals surface area contributed by atoms with Crippen LogP contribution in [0, 0.1) is 5.41 Å². The van der Waals surface area contributed by atoms with E-state index >= 15 is 0 Å². The lowest BCUT2D eigenvalue weighted by molar-refractivity contribution is 0.212. The van der Waals surface area contributed by atoms with Gasteiger partial charge in [-0.1, -0.05) is 13.8 Å². The lowest BCUT2D eigenvalue weighted by Crippen LogP contribution is -2.20. The van der Waals surface area contributed by atoms with Gasteiger partial charge in [-0.2, -0.15) is 0 Å². The smallest absolute Gasteiger partial charge is 0.120 e. The van der Waals surface area contributed by atoms with Crippen LogP contribution in [0.5, 0.6) is 0 Å². The van der Waals surface area contributed by atoms with Gasteiger partial charge >= 0.3 is 0 Å². The van der Waals surface area contributed by atoms with Gasteiger partial charge in [0.25, 0.3) is 0 Å². The fourth-order valence-corrected chi connectivity index (χ4v) is 2.78. The zero-order chi connectivity index (χ0) is 10.2. The third kappa shape index (κ3) is 2.05. The molecule has 0 radical (unpaired) electrons. The molecule has 0 N–H and O–H groups in total. The molecular weight excluding hydrogens is 240 g/mol. The van der Waals surface area contributed by atoms with Crippen molar-refractivity contribution in [3.63, 3.8) is 0 Å². The van der Waals surface area contributed by atoms with Crippen LogP contribution in [0.25, 0.3) is 0 Å². The molecule has 2 heteroatoms. The second kappa shape index (κ2) is 3.73. The van der Waals surface area contributed by atoms with Crippen LogP contribution in [-0.4, -0.2) is 0 Å². The predicted octanol–water partition coefficient (Wildman–Crippen LogP) is 4.73. The molecule has 1 heterocycles. The van der Waals surface area contributed by atoms with Crippen molar-refractivity contribution in [1.29, 1.82) is 0 Å². The summed E-state index contributed by atoms with van der Waals surface area (Å²) in [5, 5.41) is 0. The zero-order valence-corrected chi connectivity index (χ0v) is 10.4. The molecule has 1 aromatic heterocycles. The monoisotopic (exact) mass is 256 g/mol. The van der Waals surface area contributed by atoms with Gasteiger partial charge in [-0.15, -0.1) is 0 Å². The molecule has 78 valence electrons. The summed E-state index contributed by atoms with van der Waals surface area (Å²) in [7, 11) is 0. The normalized spacial score (nSPS) is 22.5. The summed E-state index contributed by atoms with van der Waals surface area (Å²) in [5.74, 6) is 1.79. The minimum absolute atomic E-state index is 0.537. The van der Waals surface area contributed by atoms with E-state index in [2.05, 4.69) is 29.8 Å². The molecular formula is C12H17BrO. The van der Waals surface area contributed by atoms with Crippen LogP contribution < -0.4 is 0 Å². The fraction of sp³-hybridized carbons (Fsp3) is 0.667. The van der Waals surface area contributed by atoms with E-state index in [-0.39, 0.29) is 0 Å². The molecule has 0 spiro atoms. The standard InChI is InChI=1S/C12H17BrO/c1-12(2)6-3-9(4-7-12)11-10(13)5-8-14-11/h5,8-9H,3-4,6-7H2,1-2H3. The van der Waals surface area contributed by atoms with E-state index < -0.39 is 0 Å². The van der Waals surface area contributed by atoms with Crippen molar-refractivity contribution in [2.24, 2.45) is 5.41 Å². The Bertz CT molecular complexity index is 304. The van der Waals surface area contributed by atoms with Crippen LogP contribution in [0.1, 0.15) is 51.2 Å². The van der Waals surface area contributed by atoms with Crippen LogP contribution in [0.3, 0.4) is 0 Å². The van der Waals surface area contributed by atoms with Gasteiger partial charge in [0.2, 0.25) is 0 Å². The first-order valence-corrected chi connectivity index (χ1v) is 6.11. The maximum Gasteiger partial charge on any atom is 0.120 e. The summed E-state index contributed by atoms with van der Waals surface area (Å²) < 4.78 is 6.67. The van der Waals surface area contributed by atoms with Crippen LogP contribution in [0.2, 0.25) is 0 Å². The van der Waals surface area contributed by atoms with Crippen LogP contribution >= 0.6 is 15.9 Å². The first-order valence-electron chi connectivity index (χ1n) is 5.31. The molecule has 1 nitrogen and oxygen atoms in total. The van der Waals surface area contributed by atoms with Gasteiger partial charge < -0.3 is 4.42 Å². The molecule has 0 aromatic carbocycles. The zero-order valence-electron chi connectivity index (χ0n) is 8.85. The molecule has 0 aliphatic heterocycles. The first kappa shape index (κ1) is 10.3. The van der Waals surface area contributed by atoms with Gasteiger partial charge in [0.05, 0.1) is 10.7 Å². The van der Waals surface area contributed by atoms with Crippen molar-refractivity contribution in [3.8, 4) is 0 Å². The Hall–Kier alpha value is -0.240. The first-order chi connectivity index (χ1) is 6.58. The fourth-order valence-electron chi connectivity index (χ4n) is 2.26. The van der Waals surface area contributed by atoms with Crippen molar-refractivity contribution < 1.29 is 4.42 Å². The molecule has 1 saturated carbocycles. The molecule has 0 saturated heterocycles. The largest absolute Gasteiger partial charge is 0.468 e. The Morgan fingerprint density at radius 3 is 2.50 bits per heavy atom. The van der Waals surface area contributed by atoms with E-state index in [4.69, 9.17) is 4.42 Å². The minimum atomic E-state index is 0.537. The highest BCUT2D eigenvalue weighted by atomic mass is 79.9. The van der Waals surface area contributed by atoms with Gasteiger partial charge in [-0.3, -0.25) is 0 Å². The van der Waals surface area contributed by atoms with E-state index in [0.717, 1.165) is 10.2 Å². The average molecular weight is 257 g/mol. The van der Waals surface area contributed by atoms with Crippen LogP contribution in [0.15, 0.2) is 21.2 Å². The van der Waals surface area contributed by atoms with Gasteiger partial charge in [-0.25, -0.2) is 0 Å². The van der Waals surface area contributed by atoms with Crippen molar-refractivity contribution in [3.05, 3.63) is 22.6 Å². The maximum atomic E-state index is 5.53. The van der Waals surface area contributed by atoms with Crippen molar-refractivity contribution in [1.82, 2.24) is 0 Å². The number of halogens is 1. The molecule has 1 aliphatic rings. The topological polar surface area (TPSA) is 13.1 Å². The van der Waals surface area contributed by atoms with E-state index in [9.17, 15) is 0 Å². The lowest BCUT2D eigenvalue weighted by atomic mass is 9.72. The third-order valence-corrected chi connectivity index (χ3v) is 4.01. The SMILES string of the molecule is CC1(C)CCC(c2occc2Br)CC1. The molecule has 14 heavy (non-hydrogen) atoms. The minimum Gasteiger partial charge on any atom is -0.468 e. The summed E-state index contributed by atoms with van der Waals surface area (Å²) in [6, 6.07) is 2.00. The highest BCUT2D eigenvalue weighted by molar-refractivity contribution is 9.10. The van der Waals surface area contributed by atoms with Gasteiger partial charge in [0.15, 0.2) is 0 Å². The summed E-state index contributed by atoms with van der Waals surface area (Å²) in [5.41, 5.74) is 0.537. The molecule has 0 amide bonds. The van der Waals surface area contributed by atoms with E-state index in [1.165, 1.54) is 25.7 Å². The molecule has 1 aliphatic carbocycles. The second-order valence-corrected chi connectivity index (χ2v) is 5.93. The summed E-state index contributed by atoms with van der Waals surface area (Å²) >= 11 is 3.54. The Morgan fingerprint density at radius 1 is 1.36 bits per heavy atom. The molecule has 2 rings (SSSR count). The van der Waals surface area contributed by atoms with Crippen LogP contribution in [0.4, 0.5) is 0 Å². The number of furan rings is 1. The number of hydrogen-bond acceptors (Lipinski definition) is 1. The van der Waals surface area contributed by atoms with E-state index in [0.29, 0.717) is 11.3 Å². The Balaban J connectivity index is 2.06. The summed E-state index contributed by atoms with van der Waals surface area (Å²) in [6.45, 7) is 4.72. The van der Waals surface area contributed by atoms with E-state index in [1.807, 2.05) is 6.07 Å². The Labute approximate surface area is 94.0 Å². The average Bonchev–Trinajstić information content (AvgIpc) is 2.52. The van der Waals surface area contributed by atoms with Gasteiger partial charge in [-0.05, 0) is 53.1 Å².